The molecular weight excluding hydrogens is 675 g/mol. The monoisotopic (exact) mass is 710 g/mol. The maximum absolute atomic E-state index is 14.2. The van der Waals surface area contributed by atoms with E-state index in [1.165, 1.54) is 23.5 Å². The fourth-order valence-corrected chi connectivity index (χ4v) is 7.40. The number of ether oxygens (including phenoxy) is 1. The van der Waals surface area contributed by atoms with Crippen LogP contribution >= 0.6 is 11.3 Å². The summed E-state index contributed by atoms with van der Waals surface area (Å²) in [6.07, 6.45) is 0.304. The molecule has 2 N–H and O–H groups in total. The number of benzene rings is 3. The number of halogens is 2. The number of piperazine rings is 1. The van der Waals surface area contributed by atoms with Crippen LogP contribution in [-0.2, 0) is 22.5 Å². The quantitative estimate of drug-likeness (QED) is 0.174. The van der Waals surface area contributed by atoms with Crippen LogP contribution in [0, 0.1) is 11.6 Å². The standard InChI is InChI=1S/C38H36F2N6O4S/c1-38(2,3)50-37(49)46-12-10-45(11-13-46)28-8-6-23(7-9-28)36-44-34-32(51-36)19-29(24-4-5-25-20-41-35(48)30(25)17-24)33(43-34)31(42-21-47)16-22-14-26(39)18-27(40)15-22/h4-9,14-15,17-19,21,31H,10-13,16,20H2,1-3H3,(H,41,48)(H,42,47). The first kappa shape index (κ1) is 34.0. The van der Waals surface area contributed by atoms with Crippen molar-refractivity contribution < 1.29 is 27.9 Å². The molecule has 0 saturated carbocycles. The lowest BCUT2D eigenvalue weighted by Gasteiger charge is -2.36. The van der Waals surface area contributed by atoms with Gasteiger partial charge in [-0.3, -0.25) is 9.59 Å². The molecular formula is C38H36F2N6O4S. The van der Waals surface area contributed by atoms with Crippen molar-refractivity contribution in [3.05, 3.63) is 101 Å². The number of thiazole rings is 1. The fourth-order valence-electron chi connectivity index (χ4n) is 6.45. The van der Waals surface area contributed by atoms with Crippen LogP contribution in [0.15, 0.2) is 66.7 Å². The molecule has 0 radical (unpaired) electrons. The molecule has 1 unspecified atom stereocenters. The summed E-state index contributed by atoms with van der Waals surface area (Å²) in [5, 5.41) is 6.37. The van der Waals surface area contributed by atoms with Gasteiger partial charge in [-0.05, 0) is 92.4 Å². The summed E-state index contributed by atoms with van der Waals surface area (Å²) < 4.78 is 34.6. The molecule has 2 aromatic heterocycles. The number of rotatable bonds is 8. The highest BCUT2D eigenvalue weighted by atomic mass is 32.1. The van der Waals surface area contributed by atoms with Crippen LogP contribution in [0.1, 0.15) is 54.0 Å². The number of carbonyl (C=O) groups is 3. The van der Waals surface area contributed by atoms with Crippen molar-refractivity contribution in [2.75, 3.05) is 31.1 Å². The van der Waals surface area contributed by atoms with E-state index in [4.69, 9.17) is 14.7 Å². The van der Waals surface area contributed by atoms with Crippen molar-refractivity contribution in [3.63, 3.8) is 0 Å². The predicted molar refractivity (Wildman–Crippen MR) is 191 cm³/mol. The Hall–Kier alpha value is -5.43. The van der Waals surface area contributed by atoms with Gasteiger partial charge in [0.15, 0.2) is 5.65 Å². The Morgan fingerprint density at radius 2 is 1.67 bits per heavy atom. The first-order valence-corrected chi connectivity index (χ1v) is 17.5. The van der Waals surface area contributed by atoms with E-state index in [2.05, 4.69) is 15.5 Å². The third-order valence-electron chi connectivity index (χ3n) is 8.89. The molecule has 51 heavy (non-hydrogen) atoms. The first-order chi connectivity index (χ1) is 24.4. The zero-order chi connectivity index (χ0) is 35.9. The van der Waals surface area contributed by atoms with Crippen LogP contribution < -0.4 is 15.5 Å². The van der Waals surface area contributed by atoms with Gasteiger partial charge in [0.2, 0.25) is 6.41 Å². The van der Waals surface area contributed by atoms with Crippen molar-refractivity contribution in [2.24, 2.45) is 0 Å². The summed E-state index contributed by atoms with van der Waals surface area (Å²) >= 11 is 1.46. The van der Waals surface area contributed by atoms with Gasteiger partial charge in [0, 0.05) is 61.2 Å². The average molecular weight is 711 g/mol. The molecule has 262 valence electrons. The third kappa shape index (κ3) is 7.39. The summed E-state index contributed by atoms with van der Waals surface area (Å²) in [6, 6.07) is 18.1. The van der Waals surface area contributed by atoms with Gasteiger partial charge in [0.25, 0.3) is 5.91 Å². The number of fused-ring (bicyclic) bond motifs is 2. The molecule has 0 aliphatic carbocycles. The first-order valence-electron chi connectivity index (χ1n) is 16.6. The van der Waals surface area contributed by atoms with Gasteiger partial charge in [-0.2, -0.15) is 0 Å². The maximum atomic E-state index is 14.2. The summed E-state index contributed by atoms with van der Waals surface area (Å²) in [4.78, 5) is 50.7. The highest BCUT2D eigenvalue weighted by Crippen LogP contribution is 2.38. The van der Waals surface area contributed by atoms with Crippen molar-refractivity contribution >= 4 is 45.8 Å². The molecule has 0 bridgehead atoms. The van der Waals surface area contributed by atoms with E-state index >= 15 is 0 Å². The summed E-state index contributed by atoms with van der Waals surface area (Å²) in [5.41, 5.74) is 5.45. The Balaban J connectivity index is 1.20. The normalized spacial score (nSPS) is 15.0. The van der Waals surface area contributed by atoms with Gasteiger partial charge in [0.1, 0.15) is 22.2 Å². The maximum Gasteiger partial charge on any atom is 0.410 e. The molecule has 0 spiro atoms. The van der Waals surface area contributed by atoms with E-state index in [-0.39, 0.29) is 18.4 Å². The second kappa shape index (κ2) is 13.7. The zero-order valence-corrected chi connectivity index (χ0v) is 29.2. The van der Waals surface area contributed by atoms with Crippen molar-refractivity contribution in [1.29, 1.82) is 0 Å². The second-order valence-electron chi connectivity index (χ2n) is 13.6. The minimum absolute atomic E-state index is 0.0643. The molecule has 2 aliphatic rings. The lowest BCUT2D eigenvalue weighted by Crippen LogP contribution is -2.50. The van der Waals surface area contributed by atoms with E-state index in [9.17, 15) is 23.2 Å². The lowest BCUT2D eigenvalue weighted by atomic mass is 9.94. The molecule has 7 rings (SSSR count). The van der Waals surface area contributed by atoms with Gasteiger partial charge in [-0.15, -0.1) is 11.3 Å². The highest BCUT2D eigenvalue weighted by molar-refractivity contribution is 7.21. The van der Waals surface area contributed by atoms with Crippen LogP contribution in [0.5, 0.6) is 0 Å². The number of hydrogen-bond donors (Lipinski definition) is 2. The molecule has 4 heterocycles. The molecule has 13 heteroatoms. The Morgan fingerprint density at radius 1 is 0.961 bits per heavy atom. The molecule has 1 saturated heterocycles. The van der Waals surface area contributed by atoms with Crippen LogP contribution in [-0.4, -0.2) is 65.1 Å². The van der Waals surface area contributed by atoms with Crippen molar-refractivity contribution in [1.82, 2.24) is 25.5 Å². The van der Waals surface area contributed by atoms with Gasteiger partial charge >= 0.3 is 6.09 Å². The average Bonchev–Trinajstić information content (AvgIpc) is 3.69. The van der Waals surface area contributed by atoms with E-state index in [1.54, 1.807) is 11.0 Å². The van der Waals surface area contributed by atoms with Crippen molar-refractivity contribution in [3.8, 4) is 21.7 Å². The van der Waals surface area contributed by atoms with E-state index < -0.39 is 23.3 Å². The third-order valence-corrected chi connectivity index (χ3v) is 9.93. The number of nitrogens with one attached hydrogen (secondary N) is 2. The largest absolute Gasteiger partial charge is 0.444 e. The molecule has 10 nitrogen and oxygen atoms in total. The summed E-state index contributed by atoms with van der Waals surface area (Å²) in [5.74, 6) is -1.61. The summed E-state index contributed by atoms with van der Waals surface area (Å²) in [7, 11) is 0. The molecule has 3 amide bonds. The van der Waals surface area contributed by atoms with Crippen molar-refractivity contribution in [2.45, 2.75) is 45.4 Å². The molecule has 5 aromatic rings. The Kier molecular flexibility index (Phi) is 9.15. The number of amides is 3. The topological polar surface area (TPSA) is 117 Å². The minimum atomic E-state index is -0.759. The Labute approximate surface area is 297 Å². The van der Waals surface area contributed by atoms with Gasteiger partial charge < -0.3 is 25.2 Å². The number of hydrogen-bond acceptors (Lipinski definition) is 8. The van der Waals surface area contributed by atoms with Gasteiger partial charge in [-0.25, -0.2) is 23.5 Å². The van der Waals surface area contributed by atoms with Gasteiger partial charge in [-0.1, -0.05) is 12.1 Å². The van der Waals surface area contributed by atoms with Gasteiger partial charge in [0.05, 0.1) is 16.4 Å². The SMILES string of the molecule is CC(C)(C)OC(=O)N1CCN(c2ccc(-c3nc4nc(C(Cc5cc(F)cc(F)c5)NC=O)c(-c5ccc6c(c5)C(=O)NC6)cc4s3)cc2)CC1. The molecule has 1 fully saturated rings. The highest BCUT2D eigenvalue weighted by Gasteiger charge is 2.27. The predicted octanol–water partition coefficient (Wildman–Crippen LogP) is 6.63. The van der Waals surface area contributed by atoms with Crippen LogP contribution in [0.25, 0.3) is 32.0 Å². The summed E-state index contributed by atoms with van der Waals surface area (Å²) in [6.45, 7) is 8.50. The van der Waals surface area contributed by atoms with E-state index in [0.29, 0.717) is 72.7 Å². The van der Waals surface area contributed by atoms with Crippen LogP contribution in [0.2, 0.25) is 0 Å². The van der Waals surface area contributed by atoms with Crippen LogP contribution in [0.3, 0.4) is 0 Å². The number of anilines is 1. The molecule has 1 atom stereocenters. The second-order valence-corrected chi connectivity index (χ2v) is 14.7. The number of aromatic nitrogens is 2. The number of nitrogens with zero attached hydrogens (tertiary/aromatic N) is 4. The minimum Gasteiger partial charge on any atom is -0.444 e. The number of pyridine rings is 1. The number of carbonyl (C=O) groups excluding carboxylic acids is 3. The van der Waals surface area contributed by atoms with Crippen LogP contribution in [0.4, 0.5) is 19.3 Å². The Bertz CT molecular complexity index is 2120. The van der Waals surface area contributed by atoms with E-state index in [0.717, 1.165) is 32.6 Å². The molecule has 3 aromatic carbocycles. The van der Waals surface area contributed by atoms with E-state index in [1.807, 2.05) is 63.2 Å². The molecule has 2 aliphatic heterocycles. The zero-order valence-electron chi connectivity index (χ0n) is 28.3. The lowest BCUT2D eigenvalue weighted by molar-refractivity contribution is -0.110. The smallest absolute Gasteiger partial charge is 0.410 e. The Morgan fingerprint density at radius 3 is 2.35 bits per heavy atom. The fraction of sp³-hybridized carbons (Fsp3) is 0.289.